The van der Waals surface area contributed by atoms with E-state index >= 15 is 0 Å². The first-order chi connectivity index (χ1) is 8.71. The van der Waals surface area contributed by atoms with E-state index < -0.39 is 0 Å². The first-order valence-electron chi connectivity index (χ1n) is 7.12. The predicted molar refractivity (Wildman–Crippen MR) is 79.6 cm³/mol. The highest BCUT2D eigenvalue weighted by Gasteiger charge is 2.30. The molecule has 0 spiro atoms. The van der Waals surface area contributed by atoms with E-state index in [1.807, 2.05) is 18.4 Å². The Kier molecular flexibility index (Phi) is 4.62. The van der Waals surface area contributed by atoms with Gasteiger partial charge in [0.1, 0.15) is 0 Å². The van der Waals surface area contributed by atoms with Gasteiger partial charge in [0.25, 0.3) is 0 Å². The maximum absolute atomic E-state index is 4.94. The highest BCUT2D eigenvalue weighted by atomic mass is 32.1. The molecule has 1 aliphatic rings. The van der Waals surface area contributed by atoms with Crippen LogP contribution in [-0.4, -0.2) is 24.6 Å². The fraction of sp³-hybridized carbons (Fsp3) is 0.786. The van der Waals surface area contributed by atoms with Crippen LogP contribution < -0.4 is 10.2 Å². The molecule has 4 heteroatoms. The Morgan fingerprint density at radius 3 is 2.67 bits per heavy atom. The Morgan fingerprint density at radius 2 is 2.17 bits per heavy atom. The van der Waals surface area contributed by atoms with Gasteiger partial charge in [0, 0.05) is 29.9 Å². The van der Waals surface area contributed by atoms with Crippen molar-refractivity contribution in [3.63, 3.8) is 0 Å². The lowest BCUT2D eigenvalue weighted by atomic mass is 10.2. The van der Waals surface area contributed by atoms with Gasteiger partial charge in [-0.05, 0) is 40.2 Å². The molecule has 1 aromatic heterocycles. The summed E-state index contributed by atoms with van der Waals surface area (Å²) in [6, 6.07) is 0.579. The molecule has 3 nitrogen and oxygen atoms in total. The van der Waals surface area contributed by atoms with Crippen LogP contribution in [0.3, 0.4) is 0 Å². The lowest BCUT2D eigenvalue weighted by Gasteiger charge is -2.26. The van der Waals surface area contributed by atoms with E-state index in [0.717, 1.165) is 19.0 Å². The van der Waals surface area contributed by atoms with Crippen LogP contribution >= 0.6 is 11.3 Å². The molecule has 0 aliphatic heterocycles. The predicted octanol–water partition coefficient (Wildman–Crippen LogP) is 3.36. The summed E-state index contributed by atoms with van der Waals surface area (Å²) in [4.78, 5) is 8.82. The maximum Gasteiger partial charge on any atom is 0.186 e. The molecule has 0 saturated heterocycles. The Balaban J connectivity index is 2.23. The number of rotatable bonds is 7. The van der Waals surface area contributed by atoms with Crippen molar-refractivity contribution in [2.45, 2.75) is 58.5 Å². The van der Waals surface area contributed by atoms with Gasteiger partial charge in [-0.15, -0.1) is 11.3 Å². The number of hydrogen-bond donors (Lipinski definition) is 1. The van der Waals surface area contributed by atoms with E-state index in [0.29, 0.717) is 6.04 Å². The van der Waals surface area contributed by atoms with Crippen molar-refractivity contribution in [3.05, 3.63) is 10.6 Å². The number of hydrogen-bond acceptors (Lipinski definition) is 4. The monoisotopic (exact) mass is 267 g/mol. The summed E-state index contributed by atoms with van der Waals surface area (Å²) < 4.78 is 0. The van der Waals surface area contributed by atoms with Crippen LogP contribution in [0.5, 0.6) is 0 Å². The van der Waals surface area contributed by atoms with Crippen LogP contribution in [0.25, 0.3) is 0 Å². The highest BCUT2D eigenvalue weighted by Crippen LogP contribution is 2.44. The van der Waals surface area contributed by atoms with E-state index in [1.54, 1.807) is 0 Å². The summed E-state index contributed by atoms with van der Waals surface area (Å²) in [7, 11) is 2.02. The Hall–Kier alpha value is -0.610. The molecule has 18 heavy (non-hydrogen) atoms. The quantitative estimate of drug-likeness (QED) is 0.821. The molecule has 102 valence electrons. The second-order valence-electron chi connectivity index (χ2n) is 5.15. The fourth-order valence-electron chi connectivity index (χ4n) is 2.29. The molecular weight excluding hydrogens is 242 g/mol. The molecule has 1 atom stereocenters. The number of aromatic nitrogens is 1. The molecule has 0 radical (unpaired) electrons. The Bertz CT molecular complexity index is 384. The second kappa shape index (κ2) is 6.02. The van der Waals surface area contributed by atoms with Crippen molar-refractivity contribution in [3.8, 4) is 0 Å². The summed E-state index contributed by atoms with van der Waals surface area (Å²) >= 11 is 1.88. The molecule has 0 aromatic carbocycles. The summed E-state index contributed by atoms with van der Waals surface area (Å²) in [6.45, 7) is 8.77. The van der Waals surface area contributed by atoms with Crippen molar-refractivity contribution < 1.29 is 0 Å². The second-order valence-corrected chi connectivity index (χ2v) is 6.21. The minimum absolute atomic E-state index is 0.579. The van der Waals surface area contributed by atoms with Crippen LogP contribution in [-0.2, 0) is 6.54 Å². The van der Waals surface area contributed by atoms with Crippen LogP contribution in [0.15, 0.2) is 0 Å². The standard InChI is InChI=1S/C14H25N3S/c1-5-10(3)17(6-2)14-16-13(11-7-8-11)12(18-14)9-15-4/h10-11,15H,5-9H2,1-4H3. The molecule has 1 N–H and O–H groups in total. The van der Waals surface area contributed by atoms with Crippen LogP contribution in [0.4, 0.5) is 5.13 Å². The largest absolute Gasteiger partial charge is 0.346 e. The van der Waals surface area contributed by atoms with E-state index in [2.05, 4.69) is 31.0 Å². The number of nitrogens with zero attached hydrogens (tertiary/aromatic N) is 2. The van der Waals surface area contributed by atoms with Gasteiger partial charge >= 0.3 is 0 Å². The minimum Gasteiger partial charge on any atom is -0.346 e. The van der Waals surface area contributed by atoms with Gasteiger partial charge in [-0.1, -0.05) is 6.92 Å². The van der Waals surface area contributed by atoms with Gasteiger partial charge in [-0.2, -0.15) is 0 Å². The zero-order valence-electron chi connectivity index (χ0n) is 12.0. The van der Waals surface area contributed by atoms with Crippen molar-refractivity contribution in [1.29, 1.82) is 0 Å². The molecule has 1 aromatic rings. The fourth-order valence-corrected chi connectivity index (χ4v) is 3.62. The number of anilines is 1. The van der Waals surface area contributed by atoms with Gasteiger partial charge in [-0.25, -0.2) is 4.98 Å². The molecule has 1 fully saturated rings. The first kappa shape index (κ1) is 13.8. The first-order valence-corrected chi connectivity index (χ1v) is 7.93. The summed E-state index contributed by atoms with van der Waals surface area (Å²) in [5.74, 6) is 0.744. The molecule has 0 amide bonds. The van der Waals surface area contributed by atoms with Crippen molar-refractivity contribution in [2.75, 3.05) is 18.5 Å². The van der Waals surface area contributed by atoms with E-state index in [1.165, 1.54) is 35.0 Å². The third-order valence-corrected chi connectivity index (χ3v) is 4.84. The van der Waals surface area contributed by atoms with Gasteiger partial charge in [0.15, 0.2) is 5.13 Å². The molecule has 1 heterocycles. The number of nitrogens with one attached hydrogen (secondary N) is 1. The van der Waals surface area contributed by atoms with Gasteiger partial charge < -0.3 is 10.2 Å². The lowest BCUT2D eigenvalue weighted by molar-refractivity contribution is 0.627. The zero-order valence-corrected chi connectivity index (χ0v) is 12.8. The maximum atomic E-state index is 4.94. The van der Waals surface area contributed by atoms with Crippen molar-refractivity contribution in [2.24, 2.45) is 0 Å². The van der Waals surface area contributed by atoms with E-state index in [-0.39, 0.29) is 0 Å². The van der Waals surface area contributed by atoms with Gasteiger partial charge in [0.05, 0.1) is 5.69 Å². The third kappa shape index (κ3) is 2.86. The lowest BCUT2D eigenvalue weighted by Crippen LogP contribution is -2.32. The van der Waals surface area contributed by atoms with Crippen LogP contribution in [0.1, 0.15) is 56.5 Å². The van der Waals surface area contributed by atoms with Gasteiger partial charge in [-0.3, -0.25) is 0 Å². The summed E-state index contributed by atoms with van der Waals surface area (Å²) in [6.07, 6.45) is 3.83. The molecule has 0 bridgehead atoms. The van der Waals surface area contributed by atoms with E-state index in [4.69, 9.17) is 4.98 Å². The van der Waals surface area contributed by atoms with Gasteiger partial charge in [0.2, 0.25) is 0 Å². The van der Waals surface area contributed by atoms with Crippen molar-refractivity contribution >= 4 is 16.5 Å². The normalized spacial score (nSPS) is 16.9. The SMILES string of the molecule is CCC(C)N(CC)c1nc(C2CC2)c(CNC)s1. The number of thiazole rings is 1. The Morgan fingerprint density at radius 1 is 1.44 bits per heavy atom. The minimum atomic E-state index is 0.579. The zero-order chi connectivity index (χ0) is 13.1. The third-order valence-electron chi connectivity index (χ3n) is 3.73. The average Bonchev–Trinajstić information content (AvgIpc) is 3.13. The van der Waals surface area contributed by atoms with Crippen molar-refractivity contribution in [1.82, 2.24) is 10.3 Å². The molecule has 1 aliphatic carbocycles. The molecule has 1 saturated carbocycles. The molecule has 1 unspecified atom stereocenters. The summed E-state index contributed by atoms with van der Waals surface area (Å²) in [5, 5.41) is 4.49. The average molecular weight is 267 g/mol. The Labute approximate surface area is 115 Å². The van der Waals surface area contributed by atoms with E-state index in [9.17, 15) is 0 Å². The smallest absolute Gasteiger partial charge is 0.186 e. The topological polar surface area (TPSA) is 28.2 Å². The van der Waals surface area contributed by atoms with Crippen LogP contribution in [0, 0.1) is 0 Å². The van der Waals surface area contributed by atoms with Crippen LogP contribution in [0.2, 0.25) is 0 Å². The molecular formula is C14H25N3S. The summed E-state index contributed by atoms with van der Waals surface area (Å²) in [5.41, 5.74) is 1.37. The highest BCUT2D eigenvalue weighted by molar-refractivity contribution is 7.15. The molecule has 2 rings (SSSR count).